The highest BCUT2D eigenvalue weighted by Crippen LogP contribution is 2.48. The highest BCUT2D eigenvalue weighted by atomic mass is 15.0. The Morgan fingerprint density at radius 1 is 0.315 bits per heavy atom. The van der Waals surface area contributed by atoms with Gasteiger partial charge in [-0.1, -0.05) is 265 Å². The second kappa shape index (κ2) is 19.5. The van der Waals surface area contributed by atoms with E-state index in [1.807, 2.05) is 0 Å². The molecule has 0 bridgehead atoms. The Labute approximate surface area is 523 Å². The maximum atomic E-state index is 5.67. The molecule has 0 fully saturated rings. The van der Waals surface area contributed by atoms with E-state index in [1.165, 1.54) is 127 Å². The van der Waals surface area contributed by atoms with Crippen molar-refractivity contribution in [2.75, 3.05) is 0 Å². The molecule has 0 amide bonds. The lowest BCUT2D eigenvalue weighted by Crippen LogP contribution is -2.59. The third-order valence-electron chi connectivity index (χ3n) is 19.5. The molecule has 2 aliphatic heterocycles. The van der Waals surface area contributed by atoms with Crippen LogP contribution in [0.3, 0.4) is 0 Å². The van der Waals surface area contributed by atoms with E-state index in [9.17, 15) is 0 Å². The molecule has 14 aromatic rings. The number of hydrogen-bond donors (Lipinski definition) is 0. The summed E-state index contributed by atoms with van der Waals surface area (Å²) >= 11 is 0. The first-order chi connectivity index (χ1) is 42.7. The Bertz CT molecular complexity index is 4940. The SMILES string of the molecule is CC(C)(C)c1cc(-c2ccc3c4c2c2cc(-c5ccccc5)ccc2n4-c2cc(-c4nc(-c5ccccc5)c5ccccc5n4)cc4c2B3c2ccc(-c3cc(C(C)(C)C)cc(C(C)(C)C)c3)c3c5cc(-c6ccccc6)ccc5n-4c23)cc(C(C)(C)C)c1. The van der Waals surface area contributed by atoms with Crippen LogP contribution >= 0.6 is 0 Å². The van der Waals surface area contributed by atoms with Crippen molar-refractivity contribution in [3.8, 4) is 78.5 Å². The van der Waals surface area contributed by atoms with Gasteiger partial charge in [-0.3, -0.25) is 0 Å². The van der Waals surface area contributed by atoms with Crippen molar-refractivity contribution in [1.29, 1.82) is 0 Å². The molecule has 0 atom stereocenters. The Morgan fingerprint density at radius 3 is 1.15 bits per heavy atom. The number of nitrogens with zero attached hydrogens (tertiary/aromatic N) is 4. The van der Waals surface area contributed by atoms with Gasteiger partial charge in [0.25, 0.3) is 6.71 Å². The molecule has 2 aliphatic rings. The van der Waals surface area contributed by atoms with E-state index in [-0.39, 0.29) is 28.4 Å². The first-order valence-corrected chi connectivity index (χ1v) is 31.8. The van der Waals surface area contributed by atoms with Crippen molar-refractivity contribution < 1.29 is 0 Å². The van der Waals surface area contributed by atoms with E-state index in [0.717, 1.165) is 39.1 Å². The summed E-state index contributed by atoms with van der Waals surface area (Å²) in [4.78, 5) is 11.2. The lowest BCUT2D eigenvalue weighted by atomic mass is 9.34. The van der Waals surface area contributed by atoms with Gasteiger partial charge in [0, 0.05) is 60.5 Å². The third kappa shape index (κ3) is 8.70. The summed E-state index contributed by atoms with van der Waals surface area (Å²) in [6.45, 7) is 28.1. The van der Waals surface area contributed by atoms with Crippen molar-refractivity contribution in [3.63, 3.8) is 0 Å². The minimum absolute atomic E-state index is 0.0751. The predicted octanol–water partition coefficient (Wildman–Crippen LogP) is 20.2. The Morgan fingerprint density at radius 2 is 0.719 bits per heavy atom. The van der Waals surface area contributed by atoms with Gasteiger partial charge in [-0.05, 0) is 147 Å². The second-order valence-corrected chi connectivity index (χ2v) is 29.5. The topological polar surface area (TPSA) is 35.6 Å². The molecule has 0 spiro atoms. The summed E-state index contributed by atoms with van der Waals surface area (Å²) in [7, 11) is 0. The number of para-hydroxylation sites is 1. The summed E-state index contributed by atoms with van der Waals surface area (Å²) in [5.74, 6) is 0.692. The van der Waals surface area contributed by atoms with E-state index < -0.39 is 0 Å². The summed E-state index contributed by atoms with van der Waals surface area (Å²) < 4.78 is 5.27. The Kier molecular flexibility index (Phi) is 12.0. The van der Waals surface area contributed by atoms with Crippen molar-refractivity contribution >= 4 is 77.6 Å². The largest absolute Gasteiger partial charge is 0.310 e. The Balaban J connectivity index is 1.09. The summed E-state index contributed by atoms with van der Waals surface area (Å²) in [5.41, 5.74) is 29.7. The van der Waals surface area contributed by atoms with Crippen LogP contribution in [0.4, 0.5) is 0 Å². The van der Waals surface area contributed by atoms with Gasteiger partial charge in [0.15, 0.2) is 5.82 Å². The molecule has 0 saturated heterocycles. The second-order valence-electron chi connectivity index (χ2n) is 29.5. The van der Waals surface area contributed by atoms with Gasteiger partial charge in [0.2, 0.25) is 0 Å². The van der Waals surface area contributed by atoms with Crippen LogP contribution in [0, 0.1) is 0 Å². The molecule has 3 aromatic heterocycles. The standard InChI is InChI=1S/C84H73BN4/c1-81(2,3)58-40-55(41-59(48-58)82(4,5)6)62-34-36-67-78-74(62)65-44-53(50-24-16-13-17-25-50)32-38-70(65)88(78)72-46-57(80-86-69-31-23-22-30-64(69)77(87-80)52-28-20-15-21-29-52)47-73-76(72)85(67)68-37-35-63(56-42-60(83(7,8)9)49-61(43-56)84(10,11)12)75-66-45-54(51-26-18-14-19-27-51)33-39-71(66)89(73)79(68)75/h13-49H,1-12H3. The van der Waals surface area contributed by atoms with Crippen LogP contribution < -0.4 is 16.4 Å². The molecule has 11 aromatic carbocycles. The first kappa shape index (κ1) is 54.8. The Hall–Kier alpha value is -9.58. The fourth-order valence-corrected chi connectivity index (χ4v) is 14.6. The van der Waals surface area contributed by atoms with Gasteiger partial charge >= 0.3 is 0 Å². The van der Waals surface area contributed by atoms with Crippen LogP contribution in [0.15, 0.2) is 224 Å². The molecule has 4 nitrogen and oxygen atoms in total. The van der Waals surface area contributed by atoms with Crippen LogP contribution in [0.25, 0.3) is 133 Å². The van der Waals surface area contributed by atoms with Crippen molar-refractivity contribution in [1.82, 2.24) is 19.1 Å². The summed E-state index contributed by atoms with van der Waals surface area (Å²) in [6, 6.07) is 85.0. The molecular weight excluding hydrogens is 1080 g/mol. The molecule has 0 saturated carbocycles. The van der Waals surface area contributed by atoms with Crippen molar-refractivity contribution in [3.05, 3.63) is 247 Å². The molecule has 5 heterocycles. The molecule has 0 unspecified atom stereocenters. The van der Waals surface area contributed by atoms with Crippen LogP contribution in [0.1, 0.15) is 105 Å². The van der Waals surface area contributed by atoms with E-state index >= 15 is 0 Å². The number of aromatic nitrogens is 4. The van der Waals surface area contributed by atoms with Gasteiger partial charge < -0.3 is 9.13 Å². The van der Waals surface area contributed by atoms with E-state index in [0.29, 0.717) is 5.82 Å². The van der Waals surface area contributed by atoms with Gasteiger partial charge in [-0.15, -0.1) is 0 Å². The van der Waals surface area contributed by atoms with E-state index in [2.05, 4.69) is 317 Å². The molecular formula is C84H73BN4. The summed E-state index contributed by atoms with van der Waals surface area (Å²) in [6.07, 6.45) is 0. The highest BCUT2D eigenvalue weighted by molar-refractivity contribution is 7.00. The van der Waals surface area contributed by atoms with Gasteiger partial charge in [-0.2, -0.15) is 0 Å². The normalized spacial score (nSPS) is 13.1. The molecule has 0 N–H and O–H groups in total. The third-order valence-corrected chi connectivity index (χ3v) is 19.5. The van der Waals surface area contributed by atoms with E-state index in [1.54, 1.807) is 0 Å². The predicted molar refractivity (Wildman–Crippen MR) is 380 cm³/mol. The summed E-state index contributed by atoms with van der Waals surface area (Å²) in [5, 5.41) is 6.03. The van der Waals surface area contributed by atoms with Gasteiger partial charge in [-0.25, -0.2) is 9.97 Å². The zero-order valence-corrected chi connectivity index (χ0v) is 53.2. The average molecular weight is 1150 g/mol. The van der Waals surface area contributed by atoms with E-state index in [4.69, 9.17) is 9.97 Å². The molecule has 5 heteroatoms. The van der Waals surface area contributed by atoms with Crippen LogP contribution in [-0.4, -0.2) is 25.8 Å². The first-order valence-electron chi connectivity index (χ1n) is 31.8. The van der Waals surface area contributed by atoms with Gasteiger partial charge in [0.1, 0.15) is 0 Å². The molecule has 16 rings (SSSR count). The lowest BCUT2D eigenvalue weighted by Gasteiger charge is -2.34. The van der Waals surface area contributed by atoms with Crippen LogP contribution in [0.5, 0.6) is 0 Å². The maximum Gasteiger partial charge on any atom is 0.252 e. The quantitative estimate of drug-likeness (QED) is 0.156. The fraction of sp³-hybridized carbons (Fsp3) is 0.190. The molecule has 0 radical (unpaired) electrons. The molecule has 432 valence electrons. The zero-order valence-electron chi connectivity index (χ0n) is 53.2. The highest BCUT2D eigenvalue weighted by Gasteiger charge is 2.43. The number of fused-ring (bicyclic) bond motifs is 11. The minimum atomic E-state index is -0.132. The monoisotopic (exact) mass is 1150 g/mol. The van der Waals surface area contributed by atoms with Crippen molar-refractivity contribution in [2.24, 2.45) is 0 Å². The van der Waals surface area contributed by atoms with Crippen LogP contribution in [0.2, 0.25) is 0 Å². The number of hydrogen-bond acceptors (Lipinski definition) is 2. The fourth-order valence-electron chi connectivity index (χ4n) is 14.6. The molecule has 89 heavy (non-hydrogen) atoms. The molecule has 0 aliphatic carbocycles. The van der Waals surface area contributed by atoms with Gasteiger partial charge in [0.05, 0.1) is 22.2 Å². The lowest BCUT2D eigenvalue weighted by molar-refractivity contribution is 0.568. The maximum absolute atomic E-state index is 5.67. The average Bonchev–Trinajstić information content (AvgIpc) is 1.55. The zero-order chi connectivity index (χ0) is 61.2. The minimum Gasteiger partial charge on any atom is -0.310 e. The number of benzene rings is 11. The van der Waals surface area contributed by atoms with Crippen molar-refractivity contribution in [2.45, 2.75) is 105 Å². The van der Waals surface area contributed by atoms with Crippen LogP contribution in [-0.2, 0) is 21.7 Å². The smallest absolute Gasteiger partial charge is 0.252 e. The number of rotatable bonds is 6.